The van der Waals surface area contributed by atoms with E-state index in [9.17, 15) is 0 Å². The van der Waals surface area contributed by atoms with E-state index in [1.165, 1.54) is 111 Å². The maximum absolute atomic E-state index is 2.59. The third-order valence-corrected chi connectivity index (χ3v) is 14.1. The number of nitrogens with zero attached hydrogens (tertiary/aromatic N) is 3. The normalized spacial score (nSPS) is 16.0. The Balaban J connectivity index is 1.05. The molecule has 13 rings (SSSR count). The number of allylic oxidation sites excluding steroid dienone is 2. The van der Waals surface area contributed by atoms with Crippen LogP contribution in [0.3, 0.4) is 0 Å². The number of aromatic nitrogens is 1. The fourth-order valence-corrected chi connectivity index (χ4v) is 11.2. The lowest BCUT2D eigenvalue weighted by Gasteiger charge is -2.36. The van der Waals surface area contributed by atoms with Crippen LogP contribution in [0.5, 0.6) is 0 Å². The fourth-order valence-electron chi connectivity index (χ4n) is 11.2. The Kier molecular flexibility index (Phi) is 7.48. The van der Waals surface area contributed by atoms with E-state index in [2.05, 4.69) is 234 Å². The number of benzene rings is 9. The van der Waals surface area contributed by atoms with E-state index in [1.807, 2.05) is 0 Å². The number of hydrogen-bond acceptors (Lipinski definition) is 2. The minimum absolute atomic E-state index is 0.113. The number of fused-ring (bicyclic) bond motifs is 11. The smallest absolute Gasteiger partial charge is 0.0653 e. The Morgan fingerprint density at radius 2 is 1.18 bits per heavy atom. The summed E-state index contributed by atoms with van der Waals surface area (Å²) in [7, 11) is 0. The molecule has 3 nitrogen and oxygen atoms in total. The van der Waals surface area contributed by atoms with Gasteiger partial charge in [-0.25, -0.2) is 0 Å². The molecule has 0 N–H and O–H groups in total. The highest BCUT2D eigenvalue weighted by Gasteiger charge is 2.40. The lowest BCUT2D eigenvalue weighted by atomic mass is 9.82. The minimum Gasteiger partial charge on any atom is -0.333 e. The number of rotatable bonds is 5. The molecule has 10 aromatic rings. The van der Waals surface area contributed by atoms with Crippen LogP contribution in [-0.4, -0.2) is 10.6 Å². The Bertz CT molecular complexity index is 3560. The minimum atomic E-state index is -0.141. The summed E-state index contributed by atoms with van der Waals surface area (Å²) < 4.78 is 2.49. The standard InChI is InChI=1S/C59H43N3/c1-59(2)50-23-10-7-20-45(50)46-33-31-42(36-51(46)59)60(43-32-34-48-47-21-8-11-24-53(47)61(57(48)37-43)41-30-29-38-15-3-4-17-40(38)35-41)55-27-14-28-56-58(55)49-22-9-12-25-54(49)62(56)52-26-13-18-39-16-5-6-19-44(39)52/h3-36,57H,37H2,1-2H3. The summed E-state index contributed by atoms with van der Waals surface area (Å²) in [5.74, 6) is 0. The summed E-state index contributed by atoms with van der Waals surface area (Å²) in [6, 6.07) is 72.2. The van der Waals surface area contributed by atoms with Gasteiger partial charge in [-0.3, -0.25) is 0 Å². The lowest BCUT2D eigenvalue weighted by molar-refractivity contribution is 0.660. The van der Waals surface area contributed by atoms with E-state index in [-0.39, 0.29) is 11.5 Å². The second-order valence-electron chi connectivity index (χ2n) is 17.7. The molecule has 2 aliphatic carbocycles. The second kappa shape index (κ2) is 13.2. The zero-order chi connectivity index (χ0) is 41.1. The van der Waals surface area contributed by atoms with Crippen molar-refractivity contribution in [3.63, 3.8) is 0 Å². The molecular weight excluding hydrogens is 751 g/mol. The van der Waals surface area contributed by atoms with Gasteiger partial charge in [0.25, 0.3) is 0 Å². The quantitative estimate of drug-likeness (QED) is 0.172. The molecule has 9 aromatic carbocycles. The van der Waals surface area contributed by atoms with Crippen LogP contribution < -0.4 is 9.80 Å². The molecular formula is C59H43N3. The van der Waals surface area contributed by atoms with E-state index < -0.39 is 0 Å². The summed E-state index contributed by atoms with van der Waals surface area (Å²) in [4.78, 5) is 5.19. The van der Waals surface area contributed by atoms with Gasteiger partial charge in [0.1, 0.15) is 0 Å². The van der Waals surface area contributed by atoms with E-state index >= 15 is 0 Å². The van der Waals surface area contributed by atoms with Gasteiger partial charge in [0.05, 0.1) is 28.5 Å². The van der Waals surface area contributed by atoms with Gasteiger partial charge in [-0.15, -0.1) is 0 Å². The molecule has 3 aliphatic rings. The van der Waals surface area contributed by atoms with Crippen LogP contribution in [-0.2, 0) is 5.41 Å². The molecule has 1 unspecified atom stereocenters. The molecule has 3 heteroatoms. The van der Waals surface area contributed by atoms with Crippen LogP contribution in [0.25, 0.3) is 65.7 Å². The molecule has 0 saturated heterocycles. The van der Waals surface area contributed by atoms with Crippen molar-refractivity contribution in [2.45, 2.75) is 31.7 Å². The van der Waals surface area contributed by atoms with Crippen molar-refractivity contribution in [2.24, 2.45) is 0 Å². The van der Waals surface area contributed by atoms with Crippen LogP contribution >= 0.6 is 0 Å². The lowest BCUT2D eigenvalue weighted by Crippen LogP contribution is -2.32. The summed E-state index contributed by atoms with van der Waals surface area (Å²) in [5, 5.41) is 7.47. The Labute approximate surface area is 361 Å². The van der Waals surface area contributed by atoms with Crippen molar-refractivity contribution in [1.82, 2.24) is 4.57 Å². The van der Waals surface area contributed by atoms with E-state index in [0.717, 1.165) is 6.42 Å². The molecule has 0 saturated carbocycles. The first-order valence-electron chi connectivity index (χ1n) is 21.9. The van der Waals surface area contributed by atoms with Crippen LogP contribution in [0.2, 0.25) is 0 Å². The molecule has 1 atom stereocenters. The van der Waals surface area contributed by atoms with Gasteiger partial charge in [-0.2, -0.15) is 0 Å². The summed E-state index contributed by atoms with van der Waals surface area (Å²) in [5.41, 5.74) is 17.6. The Morgan fingerprint density at radius 1 is 0.500 bits per heavy atom. The van der Waals surface area contributed by atoms with Gasteiger partial charge in [0.2, 0.25) is 0 Å². The third kappa shape index (κ3) is 5.00. The molecule has 0 radical (unpaired) electrons. The monoisotopic (exact) mass is 793 g/mol. The second-order valence-corrected chi connectivity index (χ2v) is 17.7. The molecule has 294 valence electrons. The average Bonchev–Trinajstić information content (AvgIpc) is 3.92. The van der Waals surface area contributed by atoms with Gasteiger partial charge < -0.3 is 14.4 Å². The fraction of sp³-hybridized carbons (Fsp3) is 0.0847. The summed E-state index contributed by atoms with van der Waals surface area (Å²) >= 11 is 0. The first kappa shape index (κ1) is 35.2. The highest BCUT2D eigenvalue weighted by Crippen LogP contribution is 2.54. The van der Waals surface area contributed by atoms with Crippen LogP contribution in [0, 0.1) is 0 Å². The highest BCUT2D eigenvalue weighted by atomic mass is 15.2. The molecule has 62 heavy (non-hydrogen) atoms. The van der Waals surface area contributed by atoms with E-state index in [4.69, 9.17) is 0 Å². The molecule has 2 heterocycles. The van der Waals surface area contributed by atoms with Gasteiger partial charge in [-0.1, -0.05) is 159 Å². The number of anilines is 4. The van der Waals surface area contributed by atoms with Crippen molar-refractivity contribution < 1.29 is 0 Å². The van der Waals surface area contributed by atoms with Crippen LogP contribution in [0.1, 0.15) is 37.0 Å². The van der Waals surface area contributed by atoms with Gasteiger partial charge in [-0.05, 0) is 105 Å². The Morgan fingerprint density at radius 3 is 2.08 bits per heavy atom. The molecule has 0 fully saturated rings. The third-order valence-electron chi connectivity index (χ3n) is 14.1. The first-order chi connectivity index (χ1) is 30.5. The van der Waals surface area contributed by atoms with Crippen molar-refractivity contribution in [1.29, 1.82) is 0 Å². The summed E-state index contributed by atoms with van der Waals surface area (Å²) in [6.07, 6.45) is 5.64. The molecule has 0 bridgehead atoms. The van der Waals surface area contributed by atoms with Crippen molar-refractivity contribution in [3.8, 4) is 16.8 Å². The van der Waals surface area contributed by atoms with Gasteiger partial charge in [0, 0.05) is 56.3 Å². The predicted molar refractivity (Wildman–Crippen MR) is 261 cm³/mol. The molecule has 1 aromatic heterocycles. The summed E-state index contributed by atoms with van der Waals surface area (Å²) in [6.45, 7) is 4.77. The van der Waals surface area contributed by atoms with Crippen molar-refractivity contribution in [3.05, 3.63) is 229 Å². The maximum atomic E-state index is 2.59. The van der Waals surface area contributed by atoms with Crippen LogP contribution in [0.15, 0.2) is 212 Å². The predicted octanol–water partition coefficient (Wildman–Crippen LogP) is 15.4. The van der Waals surface area contributed by atoms with E-state index in [0.29, 0.717) is 0 Å². The SMILES string of the molecule is CC1(C)c2ccccc2-c2ccc(N(C3=CC=C4c5ccccc5N(c5ccc6ccccc6c5)C4C3)c3cccc4c3c3ccccc3n4-c3cccc4ccccc34)cc21. The molecule has 0 spiro atoms. The maximum Gasteiger partial charge on any atom is 0.0653 e. The topological polar surface area (TPSA) is 11.4 Å². The van der Waals surface area contributed by atoms with Crippen LogP contribution in [0.4, 0.5) is 22.7 Å². The molecule has 0 amide bonds. The van der Waals surface area contributed by atoms with Gasteiger partial charge in [0.15, 0.2) is 0 Å². The number of para-hydroxylation sites is 2. The highest BCUT2D eigenvalue weighted by molar-refractivity contribution is 6.17. The average molecular weight is 794 g/mol. The zero-order valence-corrected chi connectivity index (χ0v) is 34.8. The molecule has 1 aliphatic heterocycles. The van der Waals surface area contributed by atoms with Crippen molar-refractivity contribution in [2.75, 3.05) is 9.80 Å². The van der Waals surface area contributed by atoms with Gasteiger partial charge >= 0.3 is 0 Å². The number of hydrogen-bond donors (Lipinski definition) is 0. The first-order valence-corrected chi connectivity index (χ1v) is 21.9. The van der Waals surface area contributed by atoms with Crippen molar-refractivity contribution >= 4 is 71.7 Å². The van der Waals surface area contributed by atoms with E-state index in [1.54, 1.807) is 0 Å². The Hall–Kier alpha value is -7.62. The zero-order valence-electron chi connectivity index (χ0n) is 34.8. The largest absolute Gasteiger partial charge is 0.333 e.